The lowest BCUT2D eigenvalue weighted by atomic mass is 9.75. The van der Waals surface area contributed by atoms with E-state index in [2.05, 4.69) is 4.98 Å². The van der Waals surface area contributed by atoms with Crippen LogP contribution in [0.25, 0.3) is 0 Å². The molecule has 3 heterocycles. The molecule has 0 bridgehead atoms. The first-order valence-corrected chi connectivity index (χ1v) is 10.1. The van der Waals surface area contributed by atoms with Gasteiger partial charge in [0, 0.05) is 32.1 Å². The van der Waals surface area contributed by atoms with E-state index in [4.69, 9.17) is 21.9 Å². The largest absolute Gasteiger partial charge is 0.388 e. The SMILES string of the molecule is C[C@]1(O)CC2(CCN(C(=O)CC[C@H](N)C(N)=O)CC2)OC[C@@H]1n1ccc(N)nc1=O. The summed E-state index contributed by atoms with van der Waals surface area (Å²) in [7, 11) is 0. The van der Waals surface area contributed by atoms with Crippen molar-refractivity contribution >= 4 is 17.6 Å². The zero-order chi connectivity index (χ0) is 22.1. The molecule has 2 aliphatic heterocycles. The van der Waals surface area contributed by atoms with Gasteiger partial charge in [-0.1, -0.05) is 0 Å². The van der Waals surface area contributed by atoms with Gasteiger partial charge in [-0.25, -0.2) is 4.79 Å². The zero-order valence-electron chi connectivity index (χ0n) is 17.1. The molecule has 0 saturated carbocycles. The van der Waals surface area contributed by atoms with Gasteiger partial charge in [0.05, 0.1) is 29.9 Å². The Morgan fingerprint density at radius 3 is 2.63 bits per heavy atom. The number of carbonyl (C=O) groups is 2. The number of nitrogens with two attached hydrogens (primary N) is 3. The van der Waals surface area contributed by atoms with Crippen LogP contribution in [0.1, 0.15) is 45.1 Å². The number of primary amides is 1. The molecule has 0 aromatic carbocycles. The fourth-order valence-corrected chi connectivity index (χ4v) is 4.36. The van der Waals surface area contributed by atoms with Crippen LogP contribution >= 0.6 is 0 Å². The third-order valence-electron chi connectivity index (χ3n) is 6.19. The number of carbonyl (C=O) groups excluding carboxylic acids is 2. The van der Waals surface area contributed by atoms with E-state index in [0.29, 0.717) is 32.4 Å². The Labute approximate surface area is 174 Å². The number of amides is 2. The van der Waals surface area contributed by atoms with Gasteiger partial charge in [0.25, 0.3) is 0 Å². The molecule has 7 N–H and O–H groups in total. The van der Waals surface area contributed by atoms with Gasteiger partial charge in [0.2, 0.25) is 11.8 Å². The normalized spacial score (nSPS) is 27.0. The molecule has 2 aliphatic rings. The lowest BCUT2D eigenvalue weighted by Crippen LogP contribution is -2.59. The Balaban J connectivity index is 1.60. The molecule has 3 atom stereocenters. The van der Waals surface area contributed by atoms with Gasteiger partial charge in [-0.3, -0.25) is 14.2 Å². The van der Waals surface area contributed by atoms with Crippen molar-refractivity contribution in [1.82, 2.24) is 14.5 Å². The summed E-state index contributed by atoms with van der Waals surface area (Å²) >= 11 is 0. The van der Waals surface area contributed by atoms with E-state index < -0.39 is 34.9 Å². The molecule has 2 saturated heterocycles. The number of nitrogens with zero attached hydrogens (tertiary/aromatic N) is 3. The Bertz CT molecular complexity index is 861. The minimum Gasteiger partial charge on any atom is -0.388 e. The van der Waals surface area contributed by atoms with Gasteiger partial charge >= 0.3 is 5.69 Å². The second-order valence-electron chi connectivity index (χ2n) is 8.51. The Kier molecular flexibility index (Phi) is 6.16. The first-order valence-electron chi connectivity index (χ1n) is 10.1. The van der Waals surface area contributed by atoms with Crippen LogP contribution in [0, 0.1) is 0 Å². The standard InChI is InChI=1S/C19H30N6O5/c1-18(29)11-19(30-10-13(18)25-7-4-14(21)23-17(25)28)5-8-24(9-6-19)15(26)3-2-12(20)16(22)27/h4,7,12-13,29H,2-3,5-6,8-11,20H2,1H3,(H2,22,27)(H2,21,23,28)/t12-,13-,18-/m0/s1. The average Bonchev–Trinajstić information content (AvgIpc) is 2.66. The molecule has 0 unspecified atom stereocenters. The molecule has 11 heteroatoms. The van der Waals surface area contributed by atoms with Crippen LogP contribution in [0.15, 0.2) is 17.1 Å². The van der Waals surface area contributed by atoms with Crippen LogP contribution in [0.5, 0.6) is 0 Å². The third-order valence-corrected chi connectivity index (χ3v) is 6.19. The van der Waals surface area contributed by atoms with E-state index in [-0.39, 0.29) is 31.2 Å². The number of nitrogen functional groups attached to an aromatic ring is 1. The van der Waals surface area contributed by atoms with Crippen molar-refractivity contribution in [3.8, 4) is 0 Å². The quantitative estimate of drug-likeness (QED) is 0.442. The molecule has 30 heavy (non-hydrogen) atoms. The minimum absolute atomic E-state index is 0.0819. The number of anilines is 1. The van der Waals surface area contributed by atoms with Crippen LogP contribution in [-0.4, -0.2) is 68.3 Å². The summed E-state index contributed by atoms with van der Waals surface area (Å²) in [6.07, 6.45) is 3.36. The van der Waals surface area contributed by atoms with E-state index >= 15 is 0 Å². The van der Waals surface area contributed by atoms with Crippen molar-refractivity contribution < 1.29 is 19.4 Å². The maximum atomic E-state index is 12.4. The summed E-state index contributed by atoms with van der Waals surface area (Å²) in [5.41, 5.74) is 14.0. The van der Waals surface area contributed by atoms with E-state index in [1.54, 1.807) is 11.8 Å². The Morgan fingerprint density at radius 2 is 2.07 bits per heavy atom. The molecule has 0 aliphatic carbocycles. The summed E-state index contributed by atoms with van der Waals surface area (Å²) in [5.74, 6) is -0.581. The molecule has 3 rings (SSSR count). The topological polar surface area (TPSA) is 180 Å². The second kappa shape index (κ2) is 8.32. The highest BCUT2D eigenvalue weighted by Crippen LogP contribution is 2.43. The molecule has 0 radical (unpaired) electrons. The number of piperidine rings is 1. The highest BCUT2D eigenvalue weighted by molar-refractivity contribution is 5.81. The average molecular weight is 422 g/mol. The van der Waals surface area contributed by atoms with Crippen molar-refractivity contribution in [3.05, 3.63) is 22.7 Å². The maximum Gasteiger partial charge on any atom is 0.349 e. The monoisotopic (exact) mass is 422 g/mol. The molecule has 2 fully saturated rings. The third kappa shape index (κ3) is 4.63. The van der Waals surface area contributed by atoms with Gasteiger partial charge in [0.1, 0.15) is 5.82 Å². The van der Waals surface area contributed by atoms with Gasteiger partial charge in [-0.2, -0.15) is 4.98 Å². The van der Waals surface area contributed by atoms with Crippen LogP contribution in [0.3, 0.4) is 0 Å². The summed E-state index contributed by atoms with van der Waals surface area (Å²) in [5, 5.41) is 11.1. The van der Waals surface area contributed by atoms with Crippen molar-refractivity contribution in [1.29, 1.82) is 0 Å². The lowest BCUT2D eigenvalue weighted by Gasteiger charge is -2.51. The highest BCUT2D eigenvalue weighted by Gasteiger charge is 2.50. The summed E-state index contributed by atoms with van der Waals surface area (Å²) < 4.78 is 7.51. The number of ether oxygens (including phenoxy) is 1. The number of likely N-dealkylation sites (tertiary alicyclic amines) is 1. The fourth-order valence-electron chi connectivity index (χ4n) is 4.36. The van der Waals surface area contributed by atoms with Gasteiger partial charge in [0.15, 0.2) is 0 Å². The number of aromatic nitrogens is 2. The molecule has 1 spiro atoms. The van der Waals surface area contributed by atoms with Crippen LogP contribution in [0.4, 0.5) is 5.82 Å². The summed E-state index contributed by atoms with van der Waals surface area (Å²) in [4.78, 5) is 41.0. The first kappa shape index (κ1) is 22.2. The highest BCUT2D eigenvalue weighted by atomic mass is 16.5. The van der Waals surface area contributed by atoms with E-state index in [1.165, 1.54) is 16.8 Å². The van der Waals surface area contributed by atoms with Gasteiger partial charge in [-0.15, -0.1) is 0 Å². The van der Waals surface area contributed by atoms with Crippen LogP contribution < -0.4 is 22.9 Å². The van der Waals surface area contributed by atoms with Crippen LogP contribution in [-0.2, 0) is 14.3 Å². The number of hydrogen-bond acceptors (Lipinski definition) is 8. The number of hydrogen-bond donors (Lipinski definition) is 4. The predicted octanol–water partition coefficient (Wildman–Crippen LogP) is -1.51. The molecule has 1 aromatic rings. The molecule has 2 amide bonds. The Morgan fingerprint density at radius 1 is 1.40 bits per heavy atom. The van der Waals surface area contributed by atoms with Crippen molar-refractivity contribution in [2.45, 2.75) is 62.3 Å². The van der Waals surface area contributed by atoms with Gasteiger partial charge < -0.3 is 31.9 Å². The molecule has 1 aromatic heterocycles. The van der Waals surface area contributed by atoms with Crippen LogP contribution in [0.2, 0.25) is 0 Å². The minimum atomic E-state index is -1.19. The van der Waals surface area contributed by atoms with Crippen molar-refractivity contribution in [3.63, 3.8) is 0 Å². The van der Waals surface area contributed by atoms with Gasteiger partial charge in [-0.05, 0) is 32.3 Å². The summed E-state index contributed by atoms with van der Waals surface area (Å²) in [6.45, 7) is 2.80. The maximum absolute atomic E-state index is 12.4. The number of aliphatic hydroxyl groups is 1. The molecule has 166 valence electrons. The zero-order valence-corrected chi connectivity index (χ0v) is 17.1. The molecular weight excluding hydrogens is 392 g/mol. The second-order valence-corrected chi connectivity index (χ2v) is 8.51. The van der Waals surface area contributed by atoms with Crippen molar-refractivity contribution in [2.24, 2.45) is 11.5 Å². The number of rotatable bonds is 5. The van der Waals surface area contributed by atoms with E-state index in [1.807, 2.05) is 0 Å². The smallest absolute Gasteiger partial charge is 0.349 e. The Hall–Kier alpha value is -2.50. The molecular formula is C19H30N6O5. The molecule has 11 nitrogen and oxygen atoms in total. The fraction of sp³-hybridized carbons (Fsp3) is 0.684. The van der Waals surface area contributed by atoms with E-state index in [9.17, 15) is 19.5 Å². The first-order chi connectivity index (χ1) is 14.0. The lowest BCUT2D eigenvalue weighted by molar-refractivity contribution is -0.198. The van der Waals surface area contributed by atoms with Crippen molar-refractivity contribution in [2.75, 3.05) is 25.4 Å². The predicted molar refractivity (Wildman–Crippen MR) is 108 cm³/mol. The summed E-state index contributed by atoms with van der Waals surface area (Å²) in [6, 6.07) is 0.0968. The van der Waals surface area contributed by atoms with E-state index in [0.717, 1.165) is 0 Å².